The van der Waals surface area contributed by atoms with Crippen LogP contribution >= 0.6 is 0 Å². The third-order valence-corrected chi connectivity index (χ3v) is 2.36. The summed E-state index contributed by atoms with van der Waals surface area (Å²) in [6.45, 7) is 3.48. The van der Waals surface area contributed by atoms with Gasteiger partial charge in [0.15, 0.2) is 0 Å². The van der Waals surface area contributed by atoms with Gasteiger partial charge < -0.3 is 15.4 Å². The molecule has 0 amide bonds. The summed E-state index contributed by atoms with van der Waals surface area (Å²) in [5.41, 5.74) is 0. The zero-order valence-corrected chi connectivity index (χ0v) is 8.65. The zero-order valence-electron chi connectivity index (χ0n) is 8.65. The molecule has 2 N–H and O–H groups in total. The van der Waals surface area contributed by atoms with E-state index in [0.29, 0.717) is 6.04 Å². The number of anilines is 1. The molecule has 1 unspecified atom stereocenters. The van der Waals surface area contributed by atoms with E-state index in [-0.39, 0.29) is 0 Å². The van der Waals surface area contributed by atoms with E-state index in [1.165, 1.54) is 0 Å². The highest BCUT2D eigenvalue weighted by Crippen LogP contribution is 2.01. The Morgan fingerprint density at radius 1 is 1.53 bits per heavy atom. The Balaban J connectivity index is 1.66. The minimum absolute atomic E-state index is 0.461. The molecule has 1 aromatic rings. The molecule has 1 fully saturated rings. The van der Waals surface area contributed by atoms with Crippen molar-refractivity contribution in [3.8, 4) is 0 Å². The van der Waals surface area contributed by atoms with Crippen molar-refractivity contribution >= 4 is 5.82 Å². The van der Waals surface area contributed by atoms with Crippen LogP contribution in [0.1, 0.15) is 6.42 Å². The molecular weight excluding hydrogens is 192 g/mol. The van der Waals surface area contributed by atoms with Gasteiger partial charge in [-0.2, -0.15) is 0 Å². The smallest absolute Gasteiger partial charge is 0.144 e. The normalized spacial score (nSPS) is 21.2. The number of rotatable bonds is 4. The summed E-state index contributed by atoms with van der Waals surface area (Å²) in [7, 11) is 0. The van der Waals surface area contributed by atoms with Gasteiger partial charge in [0, 0.05) is 31.5 Å². The highest BCUT2D eigenvalue weighted by atomic mass is 16.5. The van der Waals surface area contributed by atoms with Crippen LogP contribution in [0.2, 0.25) is 0 Å². The molecule has 0 aliphatic carbocycles. The number of ether oxygens (including phenoxy) is 1. The van der Waals surface area contributed by atoms with E-state index in [0.717, 1.165) is 38.5 Å². The molecule has 82 valence electrons. The minimum Gasteiger partial charge on any atom is -0.379 e. The fraction of sp³-hybridized carbons (Fsp3) is 0.600. The molecular formula is C10H16N4O. The van der Waals surface area contributed by atoms with E-state index < -0.39 is 0 Å². The predicted octanol–water partition coefficient (Wildman–Crippen LogP) is 0.267. The third kappa shape index (κ3) is 3.45. The molecule has 1 aliphatic heterocycles. The van der Waals surface area contributed by atoms with Crippen LogP contribution in [0.15, 0.2) is 18.6 Å². The van der Waals surface area contributed by atoms with Crippen LogP contribution in [0.4, 0.5) is 5.82 Å². The Kier molecular flexibility index (Phi) is 3.87. The average Bonchev–Trinajstić information content (AvgIpc) is 2.32. The number of morpholine rings is 1. The second kappa shape index (κ2) is 5.63. The van der Waals surface area contributed by atoms with Crippen molar-refractivity contribution in [3.63, 3.8) is 0 Å². The van der Waals surface area contributed by atoms with Crippen molar-refractivity contribution in [1.82, 2.24) is 15.3 Å². The molecule has 5 heteroatoms. The van der Waals surface area contributed by atoms with Crippen LogP contribution < -0.4 is 10.6 Å². The van der Waals surface area contributed by atoms with E-state index in [1.54, 1.807) is 18.6 Å². The molecule has 15 heavy (non-hydrogen) atoms. The zero-order chi connectivity index (χ0) is 10.3. The van der Waals surface area contributed by atoms with Crippen LogP contribution in [0, 0.1) is 0 Å². The van der Waals surface area contributed by atoms with E-state index in [2.05, 4.69) is 20.6 Å². The Morgan fingerprint density at radius 3 is 3.27 bits per heavy atom. The largest absolute Gasteiger partial charge is 0.379 e. The maximum atomic E-state index is 5.37. The molecule has 1 saturated heterocycles. The highest BCUT2D eigenvalue weighted by Gasteiger charge is 2.11. The minimum atomic E-state index is 0.461. The monoisotopic (exact) mass is 208 g/mol. The van der Waals surface area contributed by atoms with Gasteiger partial charge in [0.2, 0.25) is 0 Å². The first-order chi connectivity index (χ1) is 7.45. The van der Waals surface area contributed by atoms with Crippen molar-refractivity contribution in [3.05, 3.63) is 18.6 Å². The average molecular weight is 208 g/mol. The van der Waals surface area contributed by atoms with Crippen molar-refractivity contribution in [2.45, 2.75) is 12.5 Å². The van der Waals surface area contributed by atoms with Crippen LogP contribution in [-0.2, 0) is 4.74 Å². The van der Waals surface area contributed by atoms with Crippen LogP contribution in [0.25, 0.3) is 0 Å². The third-order valence-electron chi connectivity index (χ3n) is 2.36. The van der Waals surface area contributed by atoms with Gasteiger partial charge >= 0.3 is 0 Å². The maximum absolute atomic E-state index is 5.37. The molecule has 2 heterocycles. The number of hydrogen-bond donors (Lipinski definition) is 2. The topological polar surface area (TPSA) is 59.1 Å². The molecule has 1 aromatic heterocycles. The summed E-state index contributed by atoms with van der Waals surface area (Å²) in [5.74, 6) is 0.828. The Bertz CT molecular complexity index is 274. The lowest BCUT2D eigenvalue weighted by molar-refractivity contribution is 0.0753. The quantitative estimate of drug-likeness (QED) is 0.743. The molecule has 0 aromatic carbocycles. The first-order valence-electron chi connectivity index (χ1n) is 5.26. The van der Waals surface area contributed by atoms with Crippen molar-refractivity contribution in [2.75, 3.05) is 31.6 Å². The predicted molar refractivity (Wildman–Crippen MR) is 57.7 cm³/mol. The van der Waals surface area contributed by atoms with Gasteiger partial charge in [0.1, 0.15) is 5.82 Å². The molecule has 2 rings (SSSR count). The van der Waals surface area contributed by atoms with Gasteiger partial charge in [-0.3, -0.25) is 4.98 Å². The van der Waals surface area contributed by atoms with Gasteiger partial charge in [-0.05, 0) is 6.42 Å². The molecule has 1 aliphatic rings. The number of hydrogen-bond acceptors (Lipinski definition) is 5. The van der Waals surface area contributed by atoms with Crippen molar-refractivity contribution in [2.24, 2.45) is 0 Å². The van der Waals surface area contributed by atoms with Gasteiger partial charge in [-0.25, -0.2) is 4.98 Å². The molecule has 0 bridgehead atoms. The van der Waals surface area contributed by atoms with E-state index >= 15 is 0 Å². The van der Waals surface area contributed by atoms with Gasteiger partial charge in [0.05, 0.1) is 19.4 Å². The van der Waals surface area contributed by atoms with Gasteiger partial charge in [-0.1, -0.05) is 0 Å². The first-order valence-corrected chi connectivity index (χ1v) is 5.26. The Hall–Kier alpha value is -1.20. The standard InChI is InChI=1S/C10H16N4O/c1(9-8-15-6-5-12-9)2-13-10-7-11-3-4-14-10/h3-4,7,9,12H,1-2,5-6,8H2,(H,13,14). The van der Waals surface area contributed by atoms with Crippen molar-refractivity contribution in [1.29, 1.82) is 0 Å². The van der Waals surface area contributed by atoms with Crippen LogP contribution in [0.3, 0.4) is 0 Å². The lowest BCUT2D eigenvalue weighted by Gasteiger charge is -2.23. The van der Waals surface area contributed by atoms with E-state index in [9.17, 15) is 0 Å². The van der Waals surface area contributed by atoms with Crippen molar-refractivity contribution < 1.29 is 4.74 Å². The lowest BCUT2D eigenvalue weighted by Crippen LogP contribution is -2.42. The first kappa shape index (κ1) is 10.3. The molecule has 0 spiro atoms. The van der Waals surface area contributed by atoms with Crippen LogP contribution in [-0.4, -0.2) is 42.3 Å². The summed E-state index contributed by atoms with van der Waals surface area (Å²) < 4.78 is 5.37. The fourth-order valence-electron chi connectivity index (χ4n) is 1.57. The van der Waals surface area contributed by atoms with E-state index in [4.69, 9.17) is 4.74 Å². The Morgan fingerprint density at radius 2 is 2.53 bits per heavy atom. The fourth-order valence-corrected chi connectivity index (χ4v) is 1.57. The summed E-state index contributed by atoms with van der Waals surface area (Å²) in [6, 6.07) is 0.461. The number of nitrogens with one attached hydrogen (secondary N) is 2. The maximum Gasteiger partial charge on any atom is 0.144 e. The lowest BCUT2D eigenvalue weighted by atomic mass is 10.2. The Labute approximate surface area is 89.3 Å². The summed E-state index contributed by atoms with van der Waals surface area (Å²) in [5, 5.41) is 6.63. The summed E-state index contributed by atoms with van der Waals surface area (Å²) in [6.07, 6.45) is 6.12. The second-order valence-electron chi connectivity index (χ2n) is 3.53. The van der Waals surface area contributed by atoms with Gasteiger partial charge in [0.25, 0.3) is 0 Å². The SMILES string of the molecule is c1cnc(NCCC2COCCN2)cn1. The molecule has 1 atom stereocenters. The summed E-state index contributed by atoms with van der Waals surface area (Å²) >= 11 is 0. The molecule has 0 radical (unpaired) electrons. The molecule has 5 nitrogen and oxygen atoms in total. The summed E-state index contributed by atoms with van der Waals surface area (Å²) in [4.78, 5) is 8.12. The highest BCUT2D eigenvalue weighted by molar-refractivity contribution is 5.29. The van der Waals surface area contributed by atoms with Gasteiger partial charge in [-0.15, -0.1) is 0 Å². The van der Waals surface area contributed by atoms with E-state index in [1.807, 2.05) is 0 Å². The number of nitrogens with zero attached hydrogens (tertiary/aromatic N) is 2. The second-order valence-corrected chi connectivity index (χ2v) is 3.53. The van der Waals surface area contributed by atoms with Crippen LogP contribution in [0.5, 0.6) is 0 Å². The molecule has 0 saturated carbocycles. The number of aromatic nitrogens is 2.